The number of hydrogen-bond acceptors (Lipinski definition) is 3. The summed E-state index contributed by atoms with van der Waals surface area (Å²) in [6, 6.07) is 6.91. The van der Waals surface area contributed by atoms with E-state index in [9.17, 15) is 4.79 Å². The fourth-order valence-electron chi connectivity index (χ4n) is 2.69. The van der Waals surface area contributed by atoms with Gasteiger partial charge in [0, 0.05) is 21.8 Å². The number of aliphatic carboxylic acids is 1. The van der Waals surface area contributed by atoms with Gasteiger partial charge in [-0.2, -0.15) is 0 Å². The molecule has 0 saturated heterocycles. The van der Waals surface area contributed by atoms with Crippen LogP contribution in [-0.2, 0) is 4.79 Å². The van der Waals surface area contributed by atoms with E-state index in [1.54, 1.807) is 0 Å². The number of carboxylic acids is 1. The van der Waals surface area contributed by atoms with Crippen LogP contribution in [0.2, 0.25) is 0 Å². The second kappa shape index (κ2) is 7.48. The monoisotopic (exact) mass is 357 g/mol. The summed E-state index contributed by atoms with van der Waals surface area (Å²) in [6.07, 6.45) is 2.11. The molecule has 0 aliphatic carbocycles. The Morgan fingerprint density at radius 2 is 2.35 bits per heavy atom. The van der Waals surface area contributed by atoms with Crippen LogP contribution < -0.4 is 0 Å². The second-order valence-corrected chi connectivity index (χ2v) is 7.01. The molecule has 0 radical (unpaired) electrons. The maximum Gasteiger partial charge on any atom is 0.303 e. The van der Waals surface area contributed by atoms with Crippen molar-refractivity contribution in [2.45, 2.75) is 37.1 Å². The molecule has 1 aliphatic heterocycles. The second-order valence-electron chi connectivity index (χ2n) is 4.96. The molecule has 1 aliphatic rings. The van der Waals surface area contributed by atoms with Gasteiger partial charge < -0.3 is 5.11 Å². The van der Waals surface area contributed by atoms with Crippen molar-refractivity contribution in [1.82, 2.24) is 4.90 Å². The summed E-state index contributed by atoms with van der Waals surface area (Å²) < 4.78 is 1.12. The number of carboxylic acid groups (broad SMARTS) is 1. The minimum absolute atomic E-state index is 0.253. The maximum absolute atomic E-state index is 10.7. The van der Waals surface area contributed by atoms with Gasteiger partial charge in [-0.1, -0.05) is 22.9 Å². The summed E-state index contributed by atoms with van der Waals surface area (Å²) in [5.74, 6) is 0.428. The number of thioether (sulfide) groups is 1. The molecule has 0 fully saturated rings. The predicted molar refractivity (Wildman–Crippen MR) is 86.3 cm³/mol. The van der Waals surface area contributed by atoms with E-state index in [1.165, 1.54) is 10.5 Å². The van der Waals surface area contributed by atoms with Crippen molar-refractivity contribution in [3.8, 4) is 0 Å². The van der Waals surface area contributed by atoms with Crippen LogP contribution in [-0.4, -0.2) is 34.8 Å². The summed E-state index contributed by atoms with van der Waals surface area (Å²) >= 11 is 5.47. The third-order valence-corrected chi connectivity index (χ3v) is 5.28. The van der Waals surface area contributed by atoms with Crippen molar-refractivity contribution in [3.05, 3.63) is 28.2 Å². The van der Waals surface area contributed by atoms with Crippen molar-refractivity contribution in [2.24, 2.45) is 0 Å². The van der Waals surface area contributed by atoms with Gasteiger partial charge in [0.1, 0.15) is 0 Å². The minimum Gasteiger partial charge on any atom is -0.481 e. The van der Waals surface area contributed by atoms with E-state index >= 15 is 0 Å². The molecule has 0 bridgehead atoms. The van der Waals surface area contributed by atoms with Crippen LogP contribution in [0, 0.1) is 0 Å². The maximum atomic E-state index is 10.7. The SMILES string of the molecule is CCN(CCCC(=O)O)C1CCSc2ccc(Br)cc21. The van der Waals surface area contributed by atoms with Gasteiger partial charge in [-0.3, -0.25) is 9.69 Å². The van der Waals surface area contributed by atoms with Crippen LogP contribution in [0.1, 0.15) is 37.8 Å². The van der Waals surface area contributed by atoms with Gasteiger partial charge >= 0.3 is 5.97 Å². The van der Waals surface area contributed by atoms with Crippen molar-refractivity contribution in [1.29, 1.82) is 0 Å². The lowest BCUT2D eigenvalue weighted by Crippen LogP contribution is -2.32. The normalized spacial score (nSPS) is 18.1. The Kier molecular flexibility index (Phi) is 5.93. The first-order chi connectivity index (χ1) is 9.61. The van der Waals surface area contributed by atoms with E-state index in [1.807, 2.05) is 11.8 Å². The number of nitrogens with zero attached hydrogens (tertiary/aromatic N) is 1. The smallest absolute Gasteiger partial charge is 0.303 e. The molecule has 1 N–H and O–H groups in total. The molecular weight excluding hydrogens is 338 g/mol. The molecule has 20 heavy (non-hydrogen) atoms. The van der Waals surface area contributed by atoms with Gasteiger partial charge in [0.05, 0.1) is 0 Å². The molecule has 110 valence electrons. The zero-order valence-corrected chi connectivity index (χ0v) is 14.0. The number of halogens is 1. The first-order valence-electron chi connectivity index (χ1n) is 7.00. The van der Waals surface area contributed by atoms with Crippen molar-refractivity contribution in [2.75, 3.05) is 18.8 Å². The van der Waals surface area contributed by atoms with Crippen LogP contribution in [0.25, 0.3) is 0 Å². The van der Waals surface area contributed by atoms with Gasteiger partial charge in [-0.25, -0.2) is 0 Å². The van der Waals surface area contributed by atoms with Crippen LogP contribution in [0.4, 0.5) is 0 Å². The Hall–Kier alpha value is -0.520. The molecule has 0 spiro atoms. The number of rotatable bonds is 6. The highest BCUT2D eigenvalue weighted by Crippen LogP contribution is 2.40. The van der Waals surface area contributed by atoms with Crippen molar-refractivity contribution >= 4 is 33.7 Å². The van der Waals surface area contributed by atoms with E-state index < -0.39 is 5.97 Å². The average Bonchev–Trinajstić information content (AvgIpc) is 2.43. The molecule has 0 saturated carbocycles. The average molecular weight is 358 g/mol. The van der Waals surface area contributed by atoms with E-state index in [4.69, 9.17) is 5.11 Å². The van der Waals surface area contributed by atoms with E-state index in [0.29, 0.717) is 6.04 Å². The Balaban J connectivity index is 2.11. The summed E-state index contributed by atoms with van der Waals surface area (Å²) in [7, 11) is 0. The van der Waals surface area contributed by atoms with E-state index in [-0.39, 0.29) is 6.42 Å². The van der Waals surface area contributed by atoms with Gasteiger partial charge in [0.15, 0.2) is 0 Å². The molecule has 0 aromatic heterocycles. The standard InChI is InChI=1S/C15H20BrNO2S/c1-2-17(8-3-4-15(18)19)13-7-9-20-14-6-5-11(16)10-12(13)14/h5-6,10,13H,2-4,7-9H2,1H3,(H,18,19). The van der Waals surface area contributed by atoms with Crippen LogP contribution in [0.15, 0.2) is 27.6 Å². The molecule has 1 atom stereocenters. The topological polar surface area (TPSA) is 40.5 Å². The lowest BCUT2D eigenvalue weighted by atomic mass is 10.0. The molecule has 0 amide bonds. The zero-order chi connectivity index (χ0) is 14.5. The Bertz CT molecular complexity index is 481. The highest BCUT2D eigenvalue weighted by molar-refractivity contribution is 9.10. The summed E-state index contributed by atoms with van der Waals surface area (Å²) in [5.41, 5.74) is 1.38. The van der Waals surface area contributed by atoms with Crippen LogP contribution in [0.3, 0.4) is 0 Å². The lowest BCUT2D eigenvalue weighted by Gasteiger charge is -2.35. The summed E-state index contributed by atoms with van der Waals surface area (Å²) in [5, 5.41) is 8.78. The highest BCUT2D eigenvalue weighted by Gasteiger charge is 2.25. The lowest BCUT2D eigenvalue weighted by molar-refractivity contribution is -0.137. The third-order valence-electron chi connectivity index (χ3n) is 3.66. The minimum atomic E-state index is -0.705. The Morgan fingerprint density at radius 1 is 1.55 bits per heavy atom. The van der Waals surface area contributed by atoms with Gasteiger partial charge in [-0.05, 0) is 55.4 Å². The predicted octanol–water partition coefficient (Wildman–Crippen LogP) is 4.17. The molecule has 1 aromatic carbocycles. The number of hydrogen-bond donors (Lipinski definition) is 1. The van der Waals surface area contributed by atoms with Crippen LogP contribution in [0.5, 0.6) is 0 Å². The van der Waals surface area contributed by atoms with E-state index in [2.05, 4.69) is 46.0 Å². The largest absolute Gasteiger partial charge is 0.481 e. The third kappa shape index (κ3) is 3.99. The van der Waals surface area contributed by atoms with E-state index in [0.717, 1.165) is 36.2 Å². The molecule has 1 aromatic rings. The highest BCUT2D eigenvalue weighted by atomic mass is 79.9. The van der Waals surface area contributed by atoms with Gasteiger partial charge in [-0.15, -0.1) is 11.8 Å². The molecule has 2 rings (SSSR count). The number of benzene rings is 1. The van der Waals surface area contributed by atoms with Crippen molar-refractivity contribution < 1.29 is 9.90 Å². The zero-order valence-electron chi connectivity index (χ0n) is 11.6. The molecular formula is C15H20BrNO2S. The number of fused-ring (bicyclic) bond motifs is 1. The molecule has 1 unspecified atom stereocenters. The quantitative estimate of drug-likeness (QED) is 0.829. The van der Waals surface area contributed by atoms with Gasteiger partial charge in [0.25, 0.3) is 0 Å². The van der Waals surface area contributed by atoms with Crippen LogP contribution >= 0.6 is 27.7 Å². The first kappa shape index (κ1) is 15.9. The molecule has 5 heteroatoms. The fourth-order valence-corrected chi connectivity index (χ4v) is 4.16. The number of carbonyl (C=O) groups is 1. The van der Waals surface area contributed by atoms with Crippen molar-refractivity contribution in [3.63, 3.8) is 0 Å². The Labute approximate surface area is 132 Å². The summed E-state index contributed by atoms with van der Waals surface area (Å²) in [4.78, 5) is 14.4. The Morgan fingerprint density at radius 3 is 3.05 bits per heavy atom. The molecule has 3 nitrogen and oxygen atoms in total. The summed E-state index contributed by atoms with van der Waals surface area (Å²) in [6.45, 7) is 3.96. The first-order valence-corrected chi connectivity index (χ1v) is 8.77. The fraction of sp³-hybridized carbons (Fsp3) is 0.533. The van der Waals surface area contributed by atoms with Gasteiger partial charge in [0.2, 0.25) is 0 Å². The molecule has 1 heterocycles.